The lowest BCUT2D eigenvalue weighted by molar-refractivity contribution is -0.0659. The van der Waals surface area contributed by atoms with Crippen molar-refractivity contribution in [2.24, 2.45) is 17.3 Å². The molecule has 1 aromatic carbocycles. The van der Waals surface area contributed by atoms with Crippen LogP contribution < -0.4 is 0 Å². The maximum absolute atomic E-state index is 11.9. The maximum atomic E-state index is 11.9. The van der Waals surface area contributed by atoms with E-state index in [2.05, 4.69) is 52.1 Å². The molecule has 2 fully saturated rings. The van der Waals surface area contributed by atoms with Gasteiger partial charge in [0.2, 0.25) is 0 Å². The van der Waals surface area contributed by atoms with E-state index in [0.29, 0.717) is 29.4 Å². The minimum atomic E-state index is -1.56. The lowest BCUT2D eigenvalue weighted by Crippen LogP contribution is -2.50. The van der Waals surface area contributed by atoms with Gasteiger partial charge in [-0.2, -0.15) is 0 Å². The standard InChI is InChI=1S/C27H40O2Si/c1-6-30(7-2,8-3)16-15-27(29)14-12-25-24-17-19(4)23-18-20(28)9-10-21(23)22(24)11-13-26(25,27)5/h9-10,18-19,22,24-25,28-29H,6-8,11-14,17H2,1-5H3/t19-,22-,24-,25+,26+,27-/m1/s1. The van der Waals surface area contributed by atoms with Crippen molar-refractivity contribution >= 4 is 8.07 Å². The number of fused-ring (bicyclic) bond motifs is 5. The highest BCUT2D eigenvalue weighted by atomic mass is 28.3. The molecular formula is C27H40O2Si. The average molecular weight is 425 g/mol. The van der Waals surface area contributed by atoms with E-state index in [9.17, 15) is 10.2 Å². The van der Waals surface area contributed by atoms with E-state index in [1.165, 1.54) is 35.7 Å². The van der Waals surface area contributed by atoms with Gasteiger partial charge in [-0.15, -0.1) is 5.54 Å². The van der Waals surface area contributed by atoms with Crippen molar-refractivity contribution in [3.05, 3.63) is 29.3 Å². The summed E-state index contributed by atoms with van der Waals surface area (Å²) in [6, 6.07) is 9.60. The highest BCUT2D eigenvalue weighted by Gasteiger charge is 2.61. The molecule has 30 heavy (non-hydrogen) atoms. The minimum Gasteiger partial charge on any atom is -0.508 e. The molecule has 6 atom stereocenters. The molecule has 2 N–H and O–H groups in total. The minimum absolute atomic E-state index is 0.0926. The molecule has 0 bridgehead atoms. The summed E-state index contributed by atoms with van der Waals surface area (Å²) in [5.74, 6) is 6.15. The summed E-state index contributed by atoms with van der Waals surface area (Å²) < 4.78 is 0. The first-order valence-electron chi connectivity index (χ1n) is 12.3. The highest BCUT2D eigenvalue weighted by molar-refractivity contribution is 6.87. The van der Waals surface area contributed by atoms with E-state index in [0.717, 1.165) is 25.7 Å². The van der Waals surface area contributed by atoms with Crippen LogP contribution in [0.15, 0.2) is 18.2 Å². The summed E-state index contributed by atoms with van der Waals surface area (Å²) in [7, 11) is -1.56. The Morgan fingerprint density at radius 2 is 1.77 bits per heavy atom. The second-order valence-electron chi connectivity index (χ2n) is 10.8. The zero-order valence-corrected chi connectivity index (χ0v) is 20.6. The first-order chi connectivity index (χ1) is 14.2. The van der Waals surface area contributed by atoms with Crippen molar-refractivity contribution in [3.63, 3.8) is 0 Å². The zero-order chi connectivity index (χ0) is 21.7. The Kier molecular flexibility index (Phi) is 5.65. The molecule has 0 heterocycles. The first-order valence-corrected chi connectivity index (χ1v) is 14.9. The van der Waals surface area contributed by atoms with Crippen molar-refractivity contribution in [3.8, 4) is 17.2 Å². The normalized spacial score (nSPS) is 37.5. The first kappa shape index (κ1) is 22.0. The number of aromatic hydroxyl groups is 1. The molecule has 2 saturated carbocycles. The molecule has 3 aliphatic carbocycles. The average Bonchev–Trinajstić information content (AvgIpc) is 3.01. The highest BCUT2D eigenvalue weighted by Crippen LogP contribution is 2.65. The number of benzene rings is 1. The van der Waals surface area contributed by atoms with Crippen LogP contribution in [0.5, 0.6) is 5.75 Å². The fraction of sp³-hybridized carbons (Fsp3) is 0.704. The molecule has 3 heteroatoms. The van der Waals surface area contributed by atoms with Crippen LogP contribution >= 0.6 is 0 Å². The number of rotatable bonds is 3. The second kappa shape index (κ2) is 7.71. The molecule has 1 aromatic rings. The summed E-state index contributed by atoms with van der Waals surface area (Å²) in [5, 5.41) is 21.9. The Morgan fingerprint density at radius 1 is 1.07 bits per heavy atom. The van der Waals surface area contributed by atoms with E-state index in [1.807, 2.05) is 12.1 Å². The molecule has 164 valence electrons. The van der Waals surface area contributed by atoms with Gasteiger partial charge in [-0.25, -0.2) is 0 Å². The lowest BCUT2D eigenvalue weighted by atomic mass is 9.52. The summed E-state index contributed by atoms with van der Waals surface area (Å²) in [6.45, 7) is 11.5. The van der Waals surface area contributed by atoms with Gasteiger partial charge in [0.15, 0.2) is 0 Å². The molecule has 2 nitrogen and oxygen atoms in total. The van der Waals surface area contributed by atoms with E-state index in [1.54, 1.807) is 0 Å². The van der Waals surface area contributed by atoms with Gasteiger partial charge in [-0.1, -0.05) is 46.6 Å². The molecule has 0 saturated heterocycles. The van der Waals surface area contributed by atoms with E-state index >= 15 is 0 Å². The van der Waals surface area contributed by atoms with Gasteiger partial charge in [0, 0.05) is 5.41 Å². The van der Waals surface area contributed by atoms with Gasteiger partial charge in [0.05, 0.1) is 0 Å². The number of hydrogen-bond acceptors (Lipinski definition) is 2. The van der Waals surface area contributed by atoms with Crippen molar-refractivity contribution in [1.82, 2.24) is 0 Å². The van der Waals surface area contributed by atoms with Crippen molar-refractivity contribution in [2.75, 3.05) is 0 Å². The van der Waals surface area contributed by atoms with Crippen molar-refractivity contribution in [2.45, 2.75) is 102 Å². The van der Waals surface area contributed by atoms with Gasteiger partial charge >= 0.3 is 0 Å². The Bertz CT molecular complexity index is 855. The van der Waals surface area contributed by atoms with Crippen LogP contribution in [0.2, 0.25) is 18.1 Å². The third-order valence-electron chi connectivity index (χ3n) is 9.78. The summed E-state index contributed by atoms with van der Waals surface area (Å²) >= 11 is 0. The van der Waals surface area contributed by atoms with Crippen molar-refractivity contribution in [1.29, 1.82) is 0 Å². The number of phenolic OH excluding ortho intramolecular Hbond substituents is 1. The van der Waals surface area contributed by atoms with Crippen LogP contribution in [0.4, 0.5) is 0 Å². The van der Waals surface area contributed by atoms with Crippen LogP contribution in [-0.2, 0) is 0 Å². The number of aliphatic hydroxyl groups is 1. The molecular weight excluding hydrogens is 384 g/mol. The SMILES string of the molecule is CC[Si](C#C[C@]1(O)CC[C@H]2[C@@H]3C[C@@H](C)c4cc(O)ccc4[C@H]3CC[C@@]21C)(CC)CC. The van der Waals surface area contributed by atoms with E-state index < -0.39 is 13.7 Å². The van der Waals surface area contributed by atoms with Crippen molar-refractivity contribution < 1.29 is 10.2 Å². The maximum Gasteiger partial charge on any atom is 0.137 e. The fourth-order valence-electron chi connectivity index (χ4n) is 7.34. The smallest absolute Gasteiger partial charge is 0.137 e. The Hall–Kier alpha value is -1.24. The van der Waals surface area contributed by atoms with Crippen LogP contribution in [0.3, 0.4) is 0 Å². The molecule has 0 aromatic heterocycles. The third kappa shape index (κ3) is 3.18. The summed E-state index contributed by atoms with van der Waals surface area (Å²) in [5.41, 5.74) is 5.62. The van der Waals surface area contributed by atoms with E-state index in [4.69, 9.17) is 0 Å². The van der Waals surface area contributed by atoms with Gasteiger partial charge in [0.25, 0.3) is 0 Å². The second-order valence-corrected chi connectivity index (χ2v) is 15.7. The molecule has 0 radical (unpaired) electrons. The third-order valence-corrected chi connectivity index (χ3v) is 14.5. The Morgan fingerprint density at radius 3 is 2.43 bits per heavy atom. The van der Waals surface area contributed by atoms with Crippen LogP contribution in [0, 0.1) is 28.7 Å². The van der Waals surface area contributed by atoms with Gasteiger partial charge < -0.3 is 10.2 Å². The molecule has 4 rings (SSSR count). The topological polar surface area (TPSA) is 40.5 Å². The molecule has 0 unspecified atom stereocenters. The summed E-state index contributed by atoms with van der Waals surface area (Å²) in [4.78, 5) is 0. The summed E-state index contributed by atoms with van der Waals surface area (Å²) in [6.07, 6.45) is 5.29. The predicted octanol–water partition coefficient (Wildman–Crippen LogP) is 6.59. The zero-order valence-electron chi connectivity index (χ0n) is 19.6. The lowest BCUT2D eigenvalue weighted by Gasteiger charge is -2.53. The quantitative estimate of drug-likeness (QED) is 0.424. The van der Waals surface area contributed by atoms with E-state index in [-0.39, 0.29) is 5.41 Å². The largest absolute Gasteiger partial charge is 0.508 e. The van der Waals surface area contributed by atoms with Gasteiger partial charge in [-0.05, 0) is 97.2 Å². The van der Waals surface area contributed by atoms with Crippen LogP contribution in [0.1, 0.15) is 89.7 Å². The van der Waals surface area contributed by atoms with Gasteiger partial charge in [-0.3, -0.25) is 0 Å². The molecule has 3 aliphatic rings. The molecule has 0 aliphatic heterocycles. The molecule has 0 amide bonds. The number of phenols is 1. The fourth-order valence-corrected chi connectivity index (χ4v) is 9.84. The Balaban J connectivity index is 1.67. The van der Waals surface area contributed by atoms with Gasteiger partial charge in [0.1, 0.15) is 19.4 Å². The van der Waals surface area contributed by atoms with Crippen LogP contribution in [-0.4, -0.2) is 23.9 Å². The number of hydrogen-bond donors (Lipinski definition) is 2. The van der Waals surface area contributed by atoms with Crippen LogP contribution in [0.25, 0.3) is 0 Å². The monoisotopic (exact) mass is 424 g/mol. The Labute approximate surface area is 184 Å². The predicted molar refractivity (Wildman–Crippen MR) is 127 cm³/mol. The molecule has 0 spiro atoms.